The van der Waals surface area contributed by atoms with Crippen molar-refractivity contribution in [2.24, 2.45) is 16.6 Å². The number of allylic oxidation sites excluding steroid dienone is 1. The fourth-order valence-corrected chi connectivity index (χ4v) is 4.43. The zero-order valence-electron chi connectivity index (χ0n) is 17.8. The summed E-state index contributed by atoms with van der Waals surface area (Å²) >= 11 is 0. The van der Waals surface area contributed by atoms with E-state index in [-0.39, 0.29) is 18.4 Å². The van der Waals surface area contributed by atoms with E-state index >= 15 is 0 Å². The number of hydrogen-bond acceptors (Lipinski definition) is 5. The van der Waals surface area contributed by atoms with Crippen molar-refractivity contribution in [1.82, 2.24) is 4.90 Å². The van der Waals surface area contributed by atoms with Gasteiger partial charge < -0.3 is 20.1 Å². The summed E-state index contributed by atoms with van der Waals surface area (Å²) in [5, 5.41) is 0. The molecule has 2 aliphatic heterocycles. The lowest BCUT2D eigenvalue weighted by molar-refractivity contribution is -0.131. The van der Waals surface area contributed by atoms with Crippen LogP contribution in [0.1, 0.15) is 57.1 Å². The van der Waals surface area contributed by atoms with E-state index in [0.717, 1.165) is 31.2 Å². The van der Waals surface area contributed by atoms with Crippen molar-refractivity contribution < 1.29 is 19.1 Å². The Balaban J connectivity index is 1.66. The smallest absolute Gasteiger partial charge is 0.240 e. The molecule has 1 saturated carbocycles. The molecule has 2 N–H and O–H groups in total. The highest BCUT2D eigenvalue weighted by Crippen LogP contribution is 2.39. The Morgan fingerprint density at radius 2 is 2.06 bits per heavy atom. The quantitative estimate of drug-likeness (QED) is 0.690. The zero-order valence-corrected chi connectivity index (χ0v) is 17.8. The summed E-state index contributed by atoms with van der Waals surface area (Å²) in [5.74, 6) is 0.310. The lowest BCUT2D eigenvalue weighted by atomic mass is 9.97. The van der Waals surface area contributed by atoms with Crippen molar-refractivity contribution in [2.45, 2.75) is 57.6 Å². The molecule has 2 heterocycles. The first-order valence-electron chi connectivity index (χ1n) is 11.0. The number of carbonyl (C=O) groups is 2. The van der Waals surface area contributed by atoms with E-state index in [9.17, 15) is 9.59 Å². The first kappa shape index (κ1) is 21.2. The minimum Gasteiger partial charge on any atom is -0.490 e. The molecule has 1 aromatic rings. The van der Waals surface area contributed by atoms with Crippen LogP contribution in [0.15, 0.2) is 47.2 Å². The van der Waals surface area contributed by atoms with Gasteiger partial charge in [-0.2, -0.15) is 0 Å². The third kappa shape index (κ3) is 4.65. The van der Waals surface area contributed by atoms with Crippen LogP contribution in [0.4, 0.5) is 0 Å². The van der Waals surface area contributed by atoms with Crippen molar-refractivity contribution in [2.75, 3.05) is 6.61 Å². The van der Waals surface area contributed by atoms with E-state index in [1.807, 2.05) is 31.2 Å². The van der Waals surface area contributed by atoms with Gasteiger partial charge in [0.15, 0.2) is 11.5 Å². The average Bonchev–Trinajstić information content (AvgIpc) is 3.10. The number of nitrogens with zero attached hydrogens (tertiary/aromatic N) is 2. The summed E-state index contributed by atoms with van der Waals surface area (Å²) in [4.78, 5) is 30.8. The van der Waals surface area contributed by atoms with Gasteiger partial charge in [-0.3, -0.25) is 14.6 Å². The molecule has 0 saturated heterocycles. The Morgan fingerprint density at radius 3 is 2.77 bits per heavy atom. The fraction of sp³-hybridized carbons (Fsp3) is 0.458. The molecule has 1 aromatic carbocycles. The second kappa shape index (κ2) is 9.37. The minimum absolute atomic E-state index is 0.00647. The van der Waals surface area contributed by atoms with Crippen molar-refractivity contribution in [3.8, 4) is 11.5 Å². The molecule has 2 unspecified atom stereocenters. The zero-order chi connectivity index (χ0) is 21.8. The number of aliphatic imine (C=N–C) groups is 1. The molecule has 0 radical (unpaired) electrons. The lowest BCUT2D eigenvalue weighted by Crippen LogP contribution is -2.33. The molecule has 31 heavy (non-hydrogen) atoms. The van der Waals surface area contributed by atoms with Gasteiger partial charge in [-0.25, -0.2) is 0 Å². The summed E-state index contributed by atoms with van der Waals surface area (Å²) in [5.41, 5.74) is 7.01. The topological polar surface area (TPSA) is 94.2 Å². The van der Waals surface area contributed by atoms with Crippen LogP contribution in [-0.4, -0.2) is 35.6 Å². The van der Waals surface area contributed by atoms with Crippen LogP contribution in [0.5, 0.6) is 11.5 Å². The molecule has 3 aliphatic rings. The maximum atomic E-state index is 13.0. The third-order valence-electron chi connectivity index (χ3n) is 5.95. The molecule has 4 rings (SSSR count). The van der Waals surface area contributed by atoms with Gasteiger partial charge in [-0.05, 0) is 56.4 Å². The molecule has 1 fully saturated rings. The van der Waals surface area contributed by atoms with E-state index in [1.54, 1.807) is 23.4 Å². The Labute approximate surface area is 182 Å². The molecule has 7 heteroatoms. The maximum absolute atomic E-state index is 13.0. The monoisotopic (exact) mass is 423 g/mol. The summed E-state index contributed by atoms with van der Waals surface area (Å²) in [6, 6.07) is 5.08. The molecule has 0 bridgehead atoms. The number of amides is 2. The average molecular weight is 424 g/mol. The number of primary amides is 1. The van der Waals surface area contributed by atoms with Crippen LogP contribution in [0.25, 0.3) is 0 Å². The van der Waals surface area contributed by atoms with E-state index in [0.29, 0.717) is 23.8 Å². The Kier molecular flexibility index (Phi) is 6.39. The Bertz CT molecular complexity index is 931. The largest absolute Gasteiger partial charge is 0.490 e. The van der Waals surface area contributed by atoms with E-state index in [4.69, 9.17) is 15.2 Å². The highest BCUT2D eigenvalue weighted by molar-refractivity contribution is 5.91. The Morgan fingerprint density at radius 1 is 1.26 bits per heavy atom. The number of hydrogen-bond donors (Lipinski definition) is 1. The summed E-state index contributed by atoms with van der Waals surface area (Å²) in [7, 11) is 0. The van der Waals surface area contributed by atoms with Crippen LogP contribution in [0, 0.1) is 5.92 Å². The standard InChI is InChI=1S/C24H29N3O4/c1-2-30-21-11-10-16(13-22(21)31-17-7-4-3-5-8-17)20(14-23(25)28)27-15-19-18(24(27)29)9-6-12-26-19/h6,9-13,15,17-18,20H,2-5,7-8,14H2,1H3,(H2,25,28). The summed E-state index contributed by atoms with van der Waals surface area (Å²) < 4.78 is 12.1. The van der Waals surface area contributed by atoms with Crippen LogP contribution < -0.4 is 15.2 Å². The predicted octanol–water partition coefficient (Wildman–Crippen LogP) is 3.65. The second-order valence-corrected chi connectivity index (χ2v) is 8.14. The first-order chi connectivity index (χ1) is 15.1. The van der Waals surface area contributed by atoms with Crippen LogP contribution in [0.2, 0.25) is 0 Å². The van der Waals surface area contributed by atoms with Crippen LogP contribution in [0.3, 0.4) is 0 Å². The number of rotatable bonds is 8. The normalized spacial score (nSPS) is 21.6. The molecular formula is C24H29N3O4. The first-order valence-corrected chi connectivity index (χ1v) is 11.0. The van der Waals surface area contributed by atoms with Gasteiger partial charge in [-0.1, -0.05) is 18.6 Å². The van der Waals surface area contributed by atoms with Crippen molar-refractivity contribution in [1.29, 1.82) is 0 Å². The highest BCUT2D eigenvalue weighted by atomic mass is 16.5. The number of nitrogens with two attached hydrogens (primary N) is 1. The molecule has 7 nitrogen and oxygen atoms in total. The highest BCUT2D eigenvalue weighted by Gasteiger charge is 2.38. The van der Waals surface area contributed by atoms with E-state index < -0.39 is 17.9 Å². The Hall–Kier alpha value is -3.09. The minimum atomic E-state index is -0.531. The fourth-order valence-electron chi connectivity index (χ4n) is 4.43. The molecule has 2 amide bonds. The number of fused-ring (bicyclic) bond motifs is 1. The van der Waals surface area contributed by atoms with Gasteiger partial charge in [0, 0.05) is 12.4 Å². The SMILES string of the molecule is CCOc1ccc(C(CC(N)=O)N2C=C3N=CC=CC3C2=O)cc1OC1CCCCC1. The molecule has 1 aliphatic carbocycles. The molecule has 164 valence electrons. The van der Waals surface area contributed by atoms with Crippen LogP contribution in [-0.2, 0) is 9.59 Å². The second-order valence-electron chi connectivity index (χ2n) is 8.14. The summed E-state index contributed by atoms with van der Waals surface area (Å²) in [6.07, 6.45) is 12.7. The maximum Gasteiger partial charge on any atom is 0.240 e. The molecule has 2 atom stereocenters. The van der Waals surface area contributed by atoms with E-state index in [1.165, 1.54) is 6.42 Å². The van der Waals surface area contributed by atoms with Gasteiger partial charge in [0.05, 0.1) is 30.9 Å². The molecule has 0 aromatic heterocycles. The van der Waals surface area contributed by atoms with Gasteiger partial charge in [-0.15, -0.1) is 0 Å². The van der Waals surface area contributed by atoms with Crippen LogP contribution >= 0.6 is 0 Å². The van der Waals surface area contributed by atoms with Gasteiger partial charge >= 0.3 is 0 Å². The van der Waals surface area contributed by atoms with E-state index in [2.05, 4.69) is 4.99 Å². The molecular weight excluding hydrogens is 394 g/mol. The number of dihydropyridines is 1. The number of benzene rings is 1. The van der Waals surface area contributed by atoms with Crippen molar-refractivity contribution in [3.63, 3.8) is 0 Å². The van der Waals surface area contributed by atoms with Gasteiger partial charge in [0.1, 0.15) is 5.92 Å². The van der Waals surface area contributed by atoms with Gasteiger partial charge in [0.2, 0.25) is 11.8 Å². The van der Waals surface area contributed by atoms with Gasteiger partial charge in [0.25, 0.3) is 0 Å². The third-order valence-corrected chi connectivity index (χ3v) is 5.95. The molecule has 0 spiro atoms. The van der Waals surface area contributed by atoms with Crippen molar-refractivity contribution in [3.05, 3.63) is 47.8 Å². The van der Waals surface area contributed by atoms with Crippen molar-refractivity contribution >= 4 is 18.0 Å². The summed E-state index contributed by atoms with van der Waals surface area (Å²) in [6.45, 7) is 2.45. The number of carbonyl (C=O) groups excluding carboxylic acids is 2. The lowest BCUT2D eigenvalue weighted by Gasteiger charge is -2.28. The number of ether oxygens (including phenoxy) is 2. The predicted molar refractivity (Wildman–Crippen MR) is 118 cm³/mol.